The van der Waals surface area contributed by atoms with E-state index >= 15 is 0 Å². The highest BCUT2D eigenvalue weighted by molar-refractivity contribution is 7.99. The third kappa shape index (κ3) is 3.96. The van der Waals surface area contributed by atoms with Crippen LogP contribution >= 0.6 is 11.8 Å². The summed E-state index contributed by atoms with van der Waals surface area (Å²) < 4.78 is 0. The molecule has 0 aliphatic rings. The van der Waals surface area contributed by atoms with Crippen molar-refractivity contribution >= 4 is 29.2 Å². The number of aromatic nitrogens is 2. The molecule has 1 heterocycles. The molecule has 5 nitrogen and oxygen atoms in total. The SMILES string of the molecule is CNc1cc(Sc2ccc(NC(C)=O)cc2)nc(C)n1. The first-order valence-corrected chi connectivity index (χ1v) is 6.97. The Bertz CT molecular complexity index is 613. The average molecular weight is 288 g/mol. The lowest BCUT2D eigenvalue weighted by molar-refractivity contribution is -0.114. The fourth-order valence-corrected chi connectivity index (χ4v) is 2.51. The van der Waals surface area contributed by atoms with Crippen LogP contribution in [0.3, 0.4) is 0 Å². The average Bonchev–Trinajstić information content (AvgIpc) is 2.39. The number of aryl methyl sites for hydroxylation is 1. The smallest absolute Gasteiger partial charge is 0.221 e. The van der Waals surface area contributed by atoms with E-state index in [1.807, 2.05) is 44.3 Å². The van der Waals surface area contributed by atoms with E-state index in [9.17, 15) is 4.79 Å². The number of nitrogens with zero attached hydrogens (tertiary/aromatic N) is 2. The molecule has 104 valence electrons. The second-order valence-electron chi connectivity index (χ2n) is 4.20. The van der Waals surface area contributed by atoms with Crippen molar-refractivity contribution in [3.63, 3.8) is 0 Å². The Kier molecular flexibility index (Phi) is 4.57. The maximum atomic E-state index is 11.0. The van der Waals surface area contributed by atoms with Gasteiger partial charge < -0.3 is 10.6 Å². The molecular weight excluding hydrogens is 272 g/mol. The van der Waals surface area contributed by atoms with Gasteiger partial charge in [0.25, 0.3) is 0 Å². The van der Waals surface area contributed by atoms with E-state index in [4.69, 9.17) is 0 Å². The summed E-state index contributed by atoms with van der Waals surface area (Å²) in [6.07, 6.45) is 0. The highest BCUT2D eigenvalue weighted by Crippen LogP contribution is 2.28. The topological polar surface area (TPSA) is 66.9 Å². The van der Waals surface area contributed by atoms with E-state index in [0.717, 1.165) is 27.3 Å². The van der Waals surface area contributed by atoms with E-state index in [0.29, 0.717) is 0 Å². The summed E-state index contributed by atoms with van der Waals surface area (Å²) in [6, 6.07) is 9.55. The van der Waals surface area contributed by atoms with Crippen LogP contribution in [0.25, 0.3) is 0 Å². The quantitative estimate of drug-likeness (QED) is 0.847. The standard InChI is InChI=1S/C14H16N4OS/c1-9-16-13(15-3)8-14(17-9)20-12-6-4-11(5-7-12)18-10(2)19/h4-8H,1-3H3,(H,18,19)(H,15,16,17). The van der Waals surface area contributed by atoms with Gasteiger partial charge in [-0.1, -0.05) is 11.8 Å². The van der Waals surface area contributed by atoms with Crippen molar-refractivity contribution < 1.29 is 4.79 Å². The van der Waals surface area contributed by atoms with Crippen LogP contribution in [0, 0.1) is 6.92 Å². The van der Waals surface area contributed by atoms with Gasteiger partial charge in [0.1, 0.15) is 16.7 Å². The van der Waals surface area contributed by atoms with Crippen molar-refractivity contribution in [2.45, 2.75) is 23.8 Å². The number of nitrogens with one attached hydrogen (secondary N) is 2. The van der Waals surface area contributed by atoms with Crippen molar-refractivity contribution in [1.29, 1.82) is 0 Å². The molecule has 6 heteroatoms. The molecule has 0 atom stereocenters. The molecule has 0 saturated heterocycles. The van der Waals surface area contributed by atoms with Gasteiger partial charge in [-0.2, -0.15) is 0 Å². The van der Waals surface area contributed by atoms with E-state index in [-0.39, 0.29) is 5.91 Å². The summed E-state index contributed by atoms with van der Waals surface area (Å²) in [4.78, 5) is 20.7. The zero-order valence-electron chi connectivity index (χ0n) is 11.6. The van der Waals surface area contributed by atoms with Gasteiger partial charge in [-0.25, -0.2) is 9.97 Å². The monoisotopic (exact) mass is 288 g/mol. The molecule has 0 unspecified atom stereocenters. The molecule has 0 bridgehead atoms. The predicted molar refractivity (Wildman–Crippen MR) is 81.2 cm³/mol. The summed E-state index contributed by atoms with van der Waals surface area (Å²) in [5.41, 5.74) is 0.789. The van der Waals surface area contributed by atoms with E-state index in [1.165, 1.54) is 6.92 Å². The number of hydrogen-bond donors (Lipinski definition) is 2. The van der Waals surface area contributed by atoms with Crippen LogP contribution < -0.4 is 10.6 Å². The molecule has 0 radical (unpaired) electrons. The fraction of sp³-hybridized carbons (Fsp3) is 0.214. The van der Waals surface area contributed by atoms with Crippen LogP contribution in [0.2, 0.25) is 0 Å². The van der Waals surface area contributed by atoms with Crippen LogP contribution in [0.15, 0.2) is 40.3 Å². The second kappa shape index (κ2) is 6.38. The summed E-state index contributed by atoms with van der Waals surface area (Å²) in [7, 11) is 1.83. The van der Waals surface area contributed by atoms with Gasteiger partial charge in [0, 0.05) is 30.6 Å². The Hall–Kier alpha value is -2.08. The van der Waals surface area contributed by atoms with Crippen molar-refractivity contribution in [3.8, 4) is 0 Å². The Morgan fingerprint density at radius 1 is 1.20 bits per heavy atom. The minimum atomic E-state index is -0.0736. The summed E-state index contributed by atoms with van der Waals surface area (Å²) in [5, 5.41) is 6.64. The molecule has 20 heavy (non-hydrogen) atoms. The Morgan fingerprint density at radius 2 is 1.90 bits per heavy atom. The third-order valence-electron chi connectivity index (χ3n) is 2.47. The first-order chi connectivity index (χ1) is 9.56. The summed E-state index contributed by atoms with van der Waals surface area (Å²) in [5.74, 6) is 1.46. The van der Waals surface area contributed by atoms with Crippen LogP contribution in [0.4, 0.5) is 11.5 Å². The minimum absolute atomic E-state index is 0.0736. The number of amides is 1. The highest BCUT2D eigenvalue weighted by atomic mass is 32.2. The number of benzene rings is 1. The molecule has 2 N–H and O–H groups in total. The second-order valence-corrected chi connectivity index (χ2v) is 5.29. The molecular formula is C14H16N4OS. The minimum Gasteiger partial charge on any atom is -0.373 e. The number of carbonyl (C=O) groups excluding carboxylic acids is 1. The summed E-state index contributed by atoms with van der Waals surface area (Å²) in [6.45, 7) is 3.36. The highest BCUT2D eigenvalue weighted by Gasteiger charge is 2.04. The predicted octanol–water partition coefficient (Wildman–Crippen LogP) is 2.94. The van der Waals surface area contributed by atoms with E-state index in [1.54, 1.807) is 11.8 Å². The van der Waals surface area contributed by atoms with E-state index in [2.05, 4.69) is 20.6 Å². The number of anilines is 2. The van der Waals surface area contributed by atoms with Crippen molar-refractivity contribution in [3.05, 3.63) is 36.2 Å². The van der Waals surface area contributed by atoms with Gasteiger partial charge in [0.15, 0.2) is 0 Å². The van der Waals surface area contributed by atoms with Crippen molar-refractivity contribution in [2.24, 2.45) is 0 Å². The number of carbonyl (C=O) groups is 1. The molecule has 1 aromatic heterocycles. The van der Waals surface area contributed by atoms with Crippen molar-refractivity contribution in [2.75, 3.05) is 17.7 Å². The lowest BCUT2D eigenvalue weighted by Crippen LogP contribution is -2.05. The molecule has 0 spiro atoms. The molecule has 0 aliphatic carbocycles. The fourth-order valence-electron chi connectivity index (χ4n) is 1.65. The maximum Gasteiger partial charge on any atom is 0.221 e. The van der Waals surface area contributed by atoms with Gasteiger partial charge in [0.05, 0.1) is 0 Å². The zero-order chi connectivity index (χ0) is 14.5. The van der Waals surface area contributed by atoms with Crippen LogP contribution in [0.5, 0.6) is 0 Å². The largest absolute Gasteiger partial charge is 0.373 e. The lowest BCUT2D eigenvalue weighted by atomic mass is 10.3. The van der Waals surface area contributed by atoms with Crippen LogP contribution in [0.1, 0.15) is 12.7 Å². The molecule has 0 saturated carbocycles. The molecule has 2 rings (SSSR count). The van der Waals surface area contributed by atoms with Gasteiger partial charge in [-0.05, 0) is 31.2 Å². The van der Waals surface area contributed by atoms with Gasteiger partial charge in [-0.3, -0.25) is 4.79 Å². The first kappa shape index (κ1) is 14.3. The van der Waals surface area contributed by atoms with E-state index < -0.39 is 0 Å². The number of rotatable bonds is 4. The maximum absolute atomic E-state index is 11.0. The lowest BCUT2D eigenvalue weighted by Gasteiger charge is -2.06. The molecule has 0 fully saturated rings. The normalized spacial score (nSPS) is 10.2. The number of hydrogen-bond acceptors (Lipinski definition) is 5. The summed E-state index contributed by atoms with van der Waals surface area (Å²) >= 11 is 1.56. The Labute approximate surface area is 122 Å². The first-order valence-electron chi connectivity index (χ1n) is 6.16. The van der Waals surface area contributed by atoms with Gasteiger partial charge >= 0.3 is 0 Å². The van der Waals surface area contributed by atoms with Crippen molar-refractivity contribution in [1.82, 2.24) is 9.97 Å². The zero-order valence-corrected chi connectivity index (χ0v) is 12.4. The Morgan fingerprint density at radius 3 is 2.50 bits per heavy atom. The third-order valence-corrected chi connectivity index (χ3v) is 3.39. The molecule has 1 aromatic carbocycles. The van der Waals surface area contributed by atoms with Crippen LogP contribution in [-0.4, -0.2) is 22.9 Å². The molecule has 1 amide bonds. The molecule has 2 aromatic rings. The molecule has 0 aliphatic heterocycles. The Balaban J connectivity index is 2.13. The van der Waals surface area contributed by atoms with Gasteiger partial charge in [-0.15, -0.1) is 0 Å². The van der Waals surface area contributed by atoms with Crippen LogP contribution in [-0.2, 0) is 4.79 Å². The van der Waals surface area contributed by atoms with Gasteiger partial charge in [0.2, 0.25) is 5.91 Å².